The van der Waals surface area contributed by atoms with Crippen molar-refractivity contribution in [1.82, 2.24) is 0 Å². The average molecular weight is 395 g/mol. The van der Waals surface area contributed by atoms with E-state index in [1.165, 1.54) is 17.4 Å². The van der Waals surface area contributed by atoms with Gasteiger partial charge in [-0.25, -0.2) is 4.79 Å². The second kappa shape index (κ2) is 9.08. The van der Waals surface area contributed by atoms with Crippen molar-refractivity contribution < 1.29 is 23.6 Å². The van der Waals surface area contributed by atoms with Crippen molar-refractivity contribution >= 4 is 39.6 Å². The van der Waals surface area contributed by atoms with Crippen LogP contribution in [0.1, 0.15) is 29.1 Å². The molecule has 0 spiro atoms. The highest BCUT2D eigenvalue weighted by atomic mass is 32.1. The summed E-state index contributed by atoms with van der Waals surface area (Å²) in [6.45, 7) is 3.61. The number of benzene rings is 1. The van der Waals surface area contributed by atoms with Gasteiger partial charge in [0.1, 0.15) is 5.00 Å². The fraction of sp³-hybridized carbons (Fsp3) is 0.294. The Hall–Kier alpha value is -3.01. The van der Waals surface area contributed by atoms with E-state index in [2.05, 4.69) is 10.6 Å². The van der Waals surface area contributed by atoms with Gasteiger partial charge in [0.15, 0.2) is 0 Å². The van der Waals surface area contributed by atoms with E-state index in [0.29, 0.717) is 11.4 Å². The number of nitrogens with zero attached hydrogens (tertiary/aromatic N) is 1. The van der Waals surface area contributed by atoms with Gasteiger partial charge in [0.05, 0.1) is 23.6 Å². The molecule has 8 nitrogen and oxygen atoms in total. The number of nitro benzene ring substituents is 1. The number of amides is 1. The zero-order chi connectivity index (χ0) is 20.0. The van der Waals surface area contributed by atoms with Crippen LogP contribution in [0.5, 0.6) is 0 Å². The van der Waals surface area contributed by atoms with E-state index in [4.69, 9.17) is 4.74 Å². The van der Waals surface area contributed by atoms with E-state index in [0.717, 1.165) is 17.0 Å². The molecule has 0 aliphatic heterocycles. The Morgan fingerprint density at radius 1 is 1.30 bits per heavy atom. The van der Waals surface area contributed by atoms with Gasteiger partial charge >= 0.3 is 11.7 Å². The van der Waals surface area contributed by atoms with Crippen LogP contribution in [0, 0.1) is 15.9 Å². The second-order valence-electron chi connectivity index (χ2n) is 5.35. The summed E-state index contributed by atoms with van der Waals surface area (Å²) in [4.78, 5) is 35.0. The summed E-state index contributed by atoms with van der Waals surface area (Å²) in [5.74, 6) is -1.94. The van der Waals surface area contributed by atoms with Crippen LogP contribution in [0.4, 0.5) is 20.8 Å². The Labute approximate surface area is 158 Å². The molecule has 0 saturated carbocycles. The van der Waals surface area contributed by atoms with Crippen molar-refractivity contribution in [3.63, 3.8) is 0 Å². The van der Waals surface area contributed by atoms with Crippen LogP contribution in [0.2, 0.25) is 0 Å². The van der Waals surface area contributed by atoms with Gasteiger partial charge in [-0.2, -0.15) is 4.39 Å². The van der Waals surface area contributed by atoms with Gasteiger partial charge in [-0.1, -0.05) is 6.92 Å². The SMILES string of the molecule is CCOC(=O)c1cc(CC)sc1NC(=O)CNc1ccc(F)c([N+](=O)[O-])c1. The molecule has 0 radical (unpaired) electrons. The zero-order valence-electron chi connectivity index (χ0n) is 14.7. The van der Waals surface area contributed by atoms with Crippen molar-refractivity contribution in [3.8, 4) is 0 Å². The topological polar surface area (TPSA) is 111 Å². The standard InChI is InChI=1S/C17H18FN3O5S/c1-3-11-8-12(17(23)26-4-2)16(27-11)20-15(22)9-19-10-5-6-13(18)14(7-10)21(24)25/h5-8,19H,3-4,9H2,1-2H3,(H,20,22). The number of ether oxygens (including phenoxy) is 1. The van der Waals surface area contributed by atoms with E-state index in [-0.39, 0.29) is 24.4 Å². The first kappa shape index (κ1) is 20.3. The lowest BCUT2D eigenvalue weighted by Crippen LogP contribution is -2.22. The summed E-state index contributed by atoms with van der Waals surface area (Å²) in [5.41, 5.74) is -0.176. The maximum Gasteiger partial charge on any atom is 0.341 e. The summed E-state index contributed by atoms with van der Waals surface area (Å²) >= 11 is 1.27. The van der Waals surface area contributed by atoms with E-state index < -0.39 is 28.3 Å². The first-order valence-electron chi connectivity index (χ1n) is 8.13. The number of esters is 1. The number of aryl methyl sites for hydroxylation is 1. The molecule has 1 aromatic heterocycles. The minimum Gasteiger partial charge on any atom is -0.462 e. The lowest BCUT2D eigenvalue weighted by Gasteiger charge is -2.08. The molecule has 0 atom stereocenters. The van der Waals surface area contributed by atoms with Gasteiger partial charge in [-0.3, -0.25) is 14.9 Å². The second-order valence-corrected chi connectivity index (χ2v) is 6.49. The number of anilines is 2. The average Bonchev–Trinajstić information content (AvgIpc) is 3.04. The Balaban J connectivity index is 2.06. The van der Waals surface area contributed by atoms with Crippen molar-refractivity contribution in [2.45, 2.75) is 20.3 Å². The minimum atomic E-state index is -0.959. The third-order valence-corrected chi connectivity index (χ3v) is 4.67. The quantitative estimate of drug-likeness (QED) is 0.401. The van der Waals surface area contributed by atoms with E-state index in [9.17, 15) is 24.1 Å². The Kier molecular flexibility index (Phi) is 6.83. The molecule has 0 fully saturated rings. The molecule has 0 unspecified atom stereocenters. The molecule has 0 bridgehead atoms. The van der Waals surface area contributed by atoms with E-state index in [1.807, 2.05) is 6.92 Å². The van der Waals surface area contributed by atoms with Crippen molar-refractivity contribution in [1.29, 1.82) is 0 Å². The molecule has 144 valence electrons. The summed E-state index contributed by atoms with van der Waals surface area (Å²) in [7, 11) is 0. The van der Waals surface area contributed by atoms with Gasteiger partial charge < -0.3 is 15.4 Å². The first-order chi connectivity index (χ1) is 12.8. The minimum absolute atomic E-state index is 0.217. The Bertz CT molecular complexity index is 868. The Morgan fingerprint density at radius 2 is 2.04 bits per heavy atom. The van der Waals surface area contributed by atoms with Gasteiger partial charge in [0, 0.05) is 16.6 Å². The number of halogens is 1. The highest BCUT2D eigenvalue weighted by Crippen LogP contribution is 2.29. The molecule has 1 amide bonds. The number of carbonyl (C=O) groups excluding carboxylic acids is 2. The third-order valence-electron chi connectivity index (χ3n) is 3.48. The van der Waals surface area contributed by atoms with E-state index in [1.54, 1.807) is 13.0 Å². The molecule has 10 heteroatoms. The maximum atomic E-state index is 13.3. The first-order valence-corrected chi connectivity index (χ1v) is 8.94. The van der Waals surface area contributed by atoms with Crippen LogP contribution >= 0.6 is 11.3 Å². The predicted molar refractivity (Wildman–Crippen MR) is 99.8 cm³/mol. The summed E-state index contributed by atoms with van der Waals surface area (Å²) < 4.78 is 18.3. The highest BCUT2D eigenvalue weighted by Gasteiger charge is 2.19. The number of hydrogen-bond acceptors (Lipinski definition) is 7. The molecule has 1 heterocycles. The van der Waals surface area contributed by atoms with Crippen LogP contribution in [-0.4, -0.2) is 30.0 Å². The van der Waals surface area contributed by atoms with Crippen molar-refractivity contribution in [2.24, 2.45) is 0 Å². The van der Waals surface area contributed by atoms with Gasteiger partial charge in [-0.05, 0) is 31.5 Å². The number of thiophene rings is 1. The van der Waals surface area contributed by atoms with Crippen molar-refractivity contribution in [2.75, 3.05) is 23.8 Å². The van der Waals surface area contributed by atoms with Crippen LogP contribution < -0.4 is 10.6 Å². The molecule has 1 aromatic carbocycles. The zero-order valence-corrected chi connectivity index (χ0v) is 15.5. The largest absolute Gasteiger partial charge is 0.462 e. The molecule has 0 aliphatic carbocycles. The van der Waals surface area contributed by atoms with Gasteiger partial charge in [0.2, 0.25) is 11.7 Å². The molecular weight excluding hydrogens is 377 g/mol. The summed E-state index contributed by atoms with van der Waals surface area (Å²) in [5, 5.41) is 16.5. The molecular formula is C17H18FN3O5S. The normalized spacial score (nSPS) is 10.3. The van der Waals surface area contributed by atoms with Crippen LogP contribution in [0.3, 0.4) is 0 Å². The predicted octanol–water partition coefficient (Wildman–Crippen LogP) is 3.59. The lowest BCUT2D eigenvalue weighted by atomic mass is 10.2. The molecule has 2 aromatic rings. The van der Waals surface area contributed by atoms with E-state index >= 15 is 0 Å². The highest BCUT2D eigenvalue weighted by molar-refractivity contribution is 7.16. The fourth-order valence-corrected chi connectivity index (χ4v) is 3.19. The van der Waals surface area contributed by atoms with Gasteiger partial charge in [0.25, 0.3) is 0 Å². The fourth-order valence-electron chi connectivity index (χ4n) is 2.19. The number of hydrogen-bond donors (Lipinski definition) is 2. The molecule has 0 aliphatic rings. The van der Waals surface area contributed by atoms with Gasteiger partial charge in [-0.15, -0.1) is 11.3 Å². The third kappa shape index (κ3) is 5.23. The summed E-state index contributed by atoms with van der Waals surface area (Å²) in [6, 6.07) is 4.92. The molecule has 27 heavy (non-hydrogen) atoms. The van der Waals surface area contributed by atoms with Crippen LogP contribution in [0.25, 0.3) is 0 Å². The van der Waals surface area contributed by atoms with Crippen LogP contribution in [-0.2, 0) is 16.0 Å². The smallest absolute Gasteiger partial charge is 0.341 e. The number of nitrogens with one attached hydrogen (secondary N) is 2. The monoisotopic (exact) mass is 395 g/mol. The molecule has 0 saturated heterocycles. The number of carbonyl (C=O) groups is 2. The summed E-state index contributed by atoms with van der Waals surface area (Å²) in [6.07, 6.45) is 0.699. The number of rotatable bonds is 8. The number of nitro groups is 1. The lowest BCUT2D eigenvalue weighted by molar-refractivity contribution is -0.387. The Morgan fingerprint density at radius 3 is 2.67 bits per heavy atom. The van der Waals surface area contributed by atoms with Crippen LogP contribution in [0.15, 0.2) is 24.3 Å². The molecule has 2 N–H and O–H groups in total. The maximum absolute atomic E-state index is 13.3. The van der Waals surface area contributed by atoms with Crippen molar-refractivity contribution in [3.05, 3.63) is 50.6 Å². The molecule has 2 rings (SSSR count).